The van der Waals surface area contributed by atoms with E-state index >= 15 is 0 Å². The van der Waals surface area contributed by atoms with Gasteiger partial charge in [0, 0.05) is 0 Å². The van der Waals surface area contributed by atoms with Gasteiger partial charge in [-0.1, -0.05) is 50.6 Å². The molecule has 0 saturated carbocycles. The molecule has 2 nitrogen and oxygen atoms in total. The van der Waals surface area contributed by atoms with E-state index in [1.54, 1.807) is 0 Å². The number of hydrogen-bond acceptors (Lipinski definition) is 2. The molecule has 0 fully saturated rings. The molecule has 0 aliphatic carbocycles. The van der Waals surface area contributed by atoms with Crippen LogP contribution in [0.15, 0.2) is 24.3 Å². The molecular formula is C14H19NO. The first kappa shape index (κ1) is 12.7. The minimum absolute atomic E-state index is 0.288. The molecule has 2 atom stereocenters. The van der Waals surface area contributed by atoms with E-state index in [0.717, 1.165) is 11.1 Å². The lowest BCUT2D eigenvalue weighted by atomic mass is 9.79. The number of hydrogen-bond donors (Lipinski definition) is 1. The van der Waals surface area contributed by atoms with Crippen LogP contribution < -0.4 is 0 Å². The zero-order chi connectivity index (χ0) is 12.3. The summed E-state index contributed by atoms with van der Waals surface area (Å²) in [4.78, 5) is 0. The van der Waals surface area contributed by atoms with E-state index in [0.29, 0.717) is 0 Å². The molecule has 1 N–H and O–H groups in total. The lowest BCUT2D eigenvalue weighted by Gasteiger charge is -2.29. The molecule has 0 aromatic heterocycles. The van der Waals surface area contributed by atoms with E-state index in [1.165, 1.54) is 0 Å². The average molecular weight is 217 g/mol. The number of rotatable bonds is 2. The summed E-state index contributed by atoms with van der Waals surface area (Å²) >= 11 is 0. The number of aryl methyl sites for hydroxylation is 1. The van der Waals surface area contributed by atoms with Crippen LogP contribution in [0, 0.1) is 23.7 Å². The third-order valence-corrected chi connectivity index (χ3v) is 2.74. The smallest absolute Gasteiger partial charge is 0.0977 e. The molecule has 1 aromatic carbocycles. The predicted molar refractivity (Wildman–Crippen MR) is 65.0 cm³/mol. The Kier molecular flexibility index (Phi) is 3.72. The molecule has 0 spiro atoms. The number of nitrogens with zero attached hydrogens (tertiary/aromatic N) is 1. The van der Waals surface area contributed by atoms with E-state index in [2.05, 4.69) is 6.07 Å². The zero-order valence-corrected chi connectivity index (χ0v) is 10.4. The van der Waals surface area contributed by atoms with Crippen LogP contribution in [0.4, 0.5) is 0 Å². The van der Waals surface area contributed by atoms with E-state index in [4.69, 9.17) is 0 Å². The first-order valence-corrected chi connectivity index (χ1v) is 5.50. The van der Waals surface area contributed by atoms with Crippen molar-refractivity contribution in [1.29, 1.82) is 5.26 Å². The van der Waals surface area contributed by atoms with Gasteiger partial charge in [0.1, 0.15) is 0 Å². The van der Waals surface area contributed by atoms with Gasteiger partial charge in [-0.3, -0.25) is 0 Å². The molecule has 0 heterocycles. The largest absolute Gasteiger partial charge is 0.391 e. The van der Waals surface area contributed by atoms with Crippen molar-refractivity contribution in [3.8, 4) is 6.07 Å². The first-order valence-electron chi connectivity index (χ1n) is 5.50. The second-order valence-electron chi connectivity index (χ2n) is 5.33. The fraction of sp³-hybridized carbons (Fsp3) is 0.500. The Morgan fingerprint density at radius 1 is 1.31 bits per heavy atom. The molecule has 2 unspecified atom stereocenters. The Bertz CT molecular complexity index is 398. The van der Waals surface area contributed by atoms with Crippen molar-refractivity contribution in [1.82, 2.24) is 0 Å². The molecular weight excluding hydrogens is 198 g/mol. The predicted octanol–water partition coefficient (Wildman–Crippen LogP) is 3.01. The Morgan fingerprint density at radius 2 is 1.94 bits per heavy atom. The first-order chi connectivity index (χ1) is 7.36. The van der Waals surface area contributed by atoms with E-state index in [1.807, 2.05) is 52.0 Å². The molecule has 0 saturated heterocycles. The van der Waals surface area contributed by atoms with Crippen LogP contribution >= 0.6 is 0 Å². The zero-order valence-electron chi connectivity index (χ0n) is 10.4. The third kappa shape index (κ3) is 2.84. The van der Waals surface area contributed by atoms with E-state index < -0.39 is 12.0 Å². The molecule has 1 rings (SSSR count). The van der Waals surface area contributed by atoms with Crippen molar-refractivity contribution in [2.75, 3.05) is 0 Å². The van der Waals surface area contributed by atoms with Crippen molar-refractivity contribution in [2.45, 2.75) is 39.7 Å². The van der Waals surface area contributed by atoms with Crippen molar-refractivity contribution in [3.63, 3.8) is 0 Å². The Morgan fingerprint density at radius 3 is 2.38 bits per heavy atom. The van der Waals surface area contributed by atoms with E-state index in [-0.39, 0.29) is 5.41 Å². The number of benzene rings is 1. The highest BCUT2D eigenvalue weighted by atomic mass is 16.3. The minimum Gasteiger partial charge on any atom is -0.391 e. The van der Waals surface area contributed by atoms with Gasteiger partial charge in [0.15, 0.2) is 0 Å². The van der Waals surface area contributed by atoms with Crippen LogP contribution in [0.25, 0.3) is 0 Å². The Labute approximate surface area is 97.5 Å². The van der Waals surface area contributed by atoms with Crippen LogP contribution in [0.3, 0.4) is 0 Å². The van der Waals surface area contributed by atoms with Crippen LogP contribution in [0.1, 0.15) is 37.8 Å². The Hall–Kier alpha value is -1.33. The lowest BCUT2D eigenvalue weighted by molar-refractivity contribution is 0.0527. The van der Waals surface area contributed by atoms with Crippen molar-refractivity contribution in [3.05, 3.63) is 35.4 Å². The van der Waals surface area contributed by atoms with Crippen LogP contribution in [-0.4, -0.2) is 11.2 Å². The molecule has 16 heavy (non-hydrogen) atoms. The van der Waals surface area contributed by atoms with E-state index in [9.17, 15) is 10.4 Å². The van der Waals surface area contributed by atoms with Crippen LogP contribution in [0.5, 0.6) is 0 Å². The summed E-state index contributed by atoms with van der Waals surface area (Å²) in [6.07, 6.45) is -0.653. The summed E-state index contributed by atoms with van der Waals surface area (Å²) in [6, 6.07) is 9.97. The third-order valence-electron chi connectivity index (χ3n) is 2.74. The highest BCUT2D eigenvalue weighted by molar-refractivity contribution is 5.30. The highest BCUT2D eigenvalue weighted by Crippen LogP contribution is 2.31. The standard InChI is InChI=1S/C14H19NO/c1-10-6-5-7-11(8-10)12(9-15)13(16)14(2,3)4/h5-8,12-13,16H,1-4H3. The van der Waals surface area contributed by atoms with Gasteiger partial charge < -0.3 is 5.11 Å². The lowest BCUT2D eigenvalue weighted by Crippen LogP contribution is -2.31. The maximum atomic E-state index is 10.2. The molecule has 0 radical (unpaired) electrons. The van der Waals surface area contributed by atoms with Gasteiger partial charge in [0.05, 0.1) is 18.1 Å². The van der Waals surface area contributed by atoms with Gasteiger partial charge in [0.25, 0.3) is 0 Å². The topological polar surface area (TPSA) is 44.0 Å². The van der Waals surface area contributed by atoms with Gasteiger partial charge in [-0.05, 0) is 17.9 Å². The minimum atomic E-state index is -0.653. The molecule has 0 aliphatic rings. The molecule has 86 valence electrons. The van der Waals surface area contributed by atoms with Gasteiger partial charge in [-0.25, -0.2) is 0 Å². The van der Waals surface area contributed by atoms with Crippen molar-refractivity contribution < 1.29 is 5.11 Å². The maximum absolute atomic E-state index is 10.2. The fourth-order valence-corrected chi connectivity index (χ4v) is 1.69. The normalized spacial score (nSPS) is 15.2. The van der Waals surface area contributed by atoms with Gasteiger partial charge in [0.2, 0.25) is 0 Å². The second-order valence-corrected chi connectivity index (χ2v) is 5.33. The van der Waals surface area contributed by atoms with Crippen molar-refractivity contribution in [2.24, 2.45) is 5.41 Å². The average Bonchev–Trinajstić information content (AvgIpc) is 2.17. The van der Waals surface area contributed by atoms with Crippen molar-refractivity contribution >= 4 is 0 Å². The number of aliphatic hydroxyl groups excluding tert-OH is 1. The summed E-state index contributed by atoms with van der Waals surface area (Å²) in [5.74, 6) is -0.458. The highest BCUT2D eigenvalue weighted by Gasteiger charge is 2.31. The molecule has 0 bridgehead atoms. The Balaban J connectivity index is 3.05. The molecule has 2 heteroatoms. The molecule has 0 aliphatic heterocycles. The van der Waals surface area contributed by atoms with Crippen LogP contribution in [-0.2, 0) is 0 Å². The summed E-state index contributed by atoms with van der Waals surface area (Å²) in [5, 5.41) is 19.4. The quantitative estimate of drug-likeness (QED) is 0.827. The summed E-state index contributed by atoms with van der Waals surface area (Å²) in [7, 11) is 0. The molecule has 0 amide bonds. The fourth-order valence-electron chi connectivity index (χ4n) is 1.69. The van der Waals surface area contributed by atoms with Gasteiger partial charge in [-0.15, -0.1) is 0 Å². The summed E-state index contributed by atoms with van der Waals surface area (Å²) in [5.41, 5.74) is 1.72. The number of nitriles is 1. The summed E-state index contributed by atoms with van der Waals surface area (Å²) < 4.78 is 0. The van der Waals surface area contributed by atoms with Gasteiger partial charge >= 0.3 is 0 Å². The van der Waals surface area contributed by atoms with Gasteiger partial charge in [-0.2, -0.15) is 5.26 Å². The monoisotopic (exact) mass is 217 g/mol. The maximum Gasteiger partial charge on any atom is 0.0977 e. The number of aliphatic hydroxyl groups is 1. The van der Waals surface area contributed by atoms with Crippen LogP contribution in [0.2, 0.25) is 0 Å². The second kappa shape index (κ2) is 4.67. The SMILES string of the molecule is Cc1cccc(C(C#N)C(O)C(C)(C)C)c1. The summed E-state index contributed by atoms with van der Waals surface area (Å²) in [6.45, 7) is 7.81. The molecule has 1 aromatic rings.